The second kappa shape index (κ2) is 12.4. The van der Waals surface area contributed by atoms with Crippen LogP contribution in [0, 0.1) is 29.9 Å². The van der Waals surface area contributed by atoms with Gasteiger partial charge in [0.2, 0.25) is 17.7 Å². The Hall–Kier alpha value is -4.07. The maximum Gasteiger partial charge on any atom is 0.260 e. The molecule has 3 heterocycles. The summed E-state index contributed by atoms with van der Waals surface area (Å²) in [7, 11) is 1.39. The molecule has 0 N–H and O–H groups in total. The Balaban J connectivity index is 1.21. The van der Waals surface area contributed by atoms with Crippen LogP contribution in [-0.2, 0) is 6.42 Å². The molecule has 1 amide bonds. The molecule has 3 aromatic rings. The third-order valence-electron chi connectivity index (χ3n) is 6.49. The van der Waals surface area contributed by atoms with Gasteiger partial charge in [-0.15, -0.1) is 6.42 Å². The Bertz CT molecular complexity index is 1260. The second-order valence-corrected chi connectivity index (χ2v) is 9.19. The number of aryl methyl sites for hydroxylation is 1. The number of anilines is 1. The van der Waals surface area contributed by atoms with Gasteiger partial charge in [-0.05, 0) is 31.6 Å². The van der Waals surface area contributed by atoms with Gasteiger partial charge in [-0.2, -0.15) is 4.98 Å². The molecule has 0 unspecified atom stereocenters. The molecule has 1 aliphatic rings. The summed E-state index contributed by atoms with van der Waals surface area (Å²) in [6.07, 6.45) is 12.9. The molecule has 1 aliphatic heterocycles. The fraction of sp³-hybridized carbons (Fsp3) is 0.444. The minimum atomic E-state index is -0.973. The number of halogens is 2. The van der Waals surface area contributed by atoms with E-state index in [9.17, 15) is 13.6 Å². The van der Waals surface area contributed by atoms with Gasteiger partial charge in [0, 0.05) is 51.1 Å². The molecule has 1 aromatic carbocycles. The molecule has 0 radical (unpaired) electrons. The van der Waals surface area contributed by atoms with Crippen LogP contribution in [0.1, 0.15) is 48.9 Å². The smallest absolute Gasteiger partial charge is 0.260 e. The zero-order valence-corrected chi connectivity index (χ0v) is 21.5. The Kier molecular flexibility index (Phi) is 8.84. The van der Waals surface area contributed by atoms with E-state index in [0.29, 0.717) is 42.2 Å². The predicted molar refractivity (Wildman–Crippen MR) is 137 cm³/mol. The number of hydrogen-bond acceptors (Lipinski definition) is 8. The van der Waals surface area contributed by atoms with E-state index in [0.717, 1.165) is 55.8 Å². The Morgan fingerprint density at radius 1 is 1.24 bits per heavy atom. The minimum absolute atomic E-state index is 0.0461. The number of terminal acetylenes is 1. The van der Waals surface area contributed by atoms with Crippen LogP contribution in [0.15, 0.2) is 29.0 Å². The highest BCUT2D eigenvalue weighted by molar-refractivity contribution is 5.95. The fourth-order valence-corrected chi connectivity index (χ4v) is 4.34. The molecule has 11 heteroatoms. The van der Waals surface area contributed by atoms with E-state index in [1.807, 2.05) is 6.92 Å². The number of carbonyl (C=O) groups excluding carboxylic acids is 1. The van der Waals surface area contributed by atoms with Crippen molar-refractivity contribution in [1.29, 1.82) is 0 Å². The van der Waals surface area contributed by atoms with Crippen molar-refractivity contribution in [1.82, 2.24) is 25.0 Å². The lowest BCUT2D eigenvalue weighted by Crippen LogP contribution is -2.34. The molecule has 2 aromatic heterocycles. The average molecular weight is 525 g/mol. The van der Waals surface area contributed by atoms with Crippen molar-refractivity contribution < 1.29 is 22.8 Å². The Morgan fingerprint density at radius 3 is 2.53 bits per heavy atom. The van der Waals surface area contributed by atoms with Crippen molar-refractivity contribution >= 4 is 11.9 Å². The van der Waals surface area contributed by atoms with E-state index in [4.69, 9.17) is 15.7 Å². The molecular weight excluding hydrogens is 494 g/mol. The van der Waals surface area contributed by atoms with E-state index in [-0.39, 0.29) is 12.3 Å². The van der Waals surface area contributed by atoms with Crippen LogP contribution in [0.25, 0.3) is 11.4 Å². The molecule has 0 spiro atoms. The number of ether oxygens (including phenoxy) is 1. The van der Waals surface area contributed by atoms with Crippen LogP contribution >= 0.6 is 0 Å². The van der Waals surface area contributed by atoms with Crippen LogP contribution in [0.3, 0.4) is 0 Å². The van der Waals surface area contributed by atoms with Crippen molar-refractivity contribution in [2.75, 3.05) is 38.2 Å². The largest absolute Gasteiger partial charge is 0.493 e. The van der Waals surface area contributed by atoms with Crippen molar-refractivity contribution in [3.63, 3.8) is 0 Å². The van der Waals surface area contributed by atoms with Gasteiger partial charge >= 0.3 is 0 Å². The van der Waals surface area contributed by atoms with Gasteiger partial charge in [0.15, 0.2) is 0 Å². The first-order chi connectivity index (χ1) is 18.4. The number of carbonyl (C=O) groups is 1. The van der Waals surface area contributed by atoms with Crippen LogP contribution in [0.5, 0.6) is 5.75 Å². The first-order valence-corrected chi connectivity index (χ1v) is 12.6. The van der Waals surface area contributed by atoms with E-state index in [1.165, 1.54) is 7.05 Å². The van der Waals surface area contributed by atoms with E-state index >= 15 is 0 Å². The summed E-state index contributed by atoms with van der Waals surface area (Å²) in [5.41, 5.74) is 0.0743. The van der Waals surface area contributed by atoms with Gasteiger partial charge in [-0.1, -0.05) is 18.0 Å². The molecule has 0 aliphatic carbocycles. The molecule has 1 saturated heterocycles. The normalized spacial score (nSPS) is 13.8. The fourth-order valence-electron chi connectivity index (χ4n) is 4.34. The topological polar surface area (TPSA) is 97.5 Å². The predicted octanol–water partition coefficient (Wildman–Crippen LogP) is 4.15. The average Bonchev–Trinajstić information content (AvgIpc) is 3.41. The summed E-state index contributed by atoms with van der Waals surface area (Å²) in [5, 5.41) is 3.95. The molecule has 9 nitrogen and oxygen atoms in total. The number of rotatable bonds is 10. The standard InChI is InChI=1S/C27H30F2N6O3/c1-4-10-34(3)26(36)24-21(28)14-20(15-22(24)29)37-13-6-7-18-8-11-35(12-9-18)27-30-16-19(17-31-27)25-32-23(5-2)38-33-25/h1,14-18H,5-13H2,2-3H3. The van der Waals surface area contributed by atoms with E-state index < -0.39 is 23.1 Å². The van der Waals surface area contributed by atoms with Gasteiger partial charge < -0.3 is 19.1 Å². The number of nitrogens with zero attached hydrogens (tertiary/aromatic N) is 6. The highest BCUT2D eigenvalue weighted by Gasteiger charge is 2.23. The molecule has 200 valence electrons. The summed E-state index contributed by atoms with van der Waals surface area (Å²) in [5.74, 6) is 1.81. The van der Waals surface area contributed by atoms with Gasteiger partial charge in [-0.25, -0.2) is 18.7 Å². The monoisotopic (exact) mass is 524 g/mol. The summed E-state index contributed by atoms with van der Waals surface area (Å²) < 4.78 is 39.5. The highest BCUT2D eigenvalue weighted by atomic mass is 19.1. The van der Waals surface area contributed by atoms with Crippen molar-refractivity contribution in [2.24, 2.45) is 5.92 Å². The van der Waals surface area contributed by atoms with Crippen LogP contribution in [0.2, 0.25) is 0 Å². The summed E-state index contributed by atoms with van der Waals surface area (Å²) in [4.78, 5) is 28.7. The van der Waals surface area contributed by atoms with Crippen molar-refractivity contribution in [2.45, 2.75) is 39.0 Å². The first kappa shape index (κ1) is 27.0. The van der Waals surface area contributed by atoms with Gasteiger partial charge in [0.1, 0.15) is 22.9 Å². The second-order valence-electron chi connectivity index (χ2n) is 9.19. The Labute approximate surface area is 220 Å². The number of aromatic nitrogens is 4. The molecule has 1 fully saturated rings. The number of amides is 1. The third kappa shape index (κ3) is 6.43. The van der Waals surface area contributed by atoms with Crippen LogP contribution in [0.4, 0.5) is 14.7 Å². The van der Waals surface area contributed by atoms with E-state index in [1.54, 1.807) is 12.4 Å². The van der Waals surface area contributed by atoms with Crippen molar-refractivity contribution in [3.05, 3.63) is 47.6 Å². The molecule has 0 saturated carbocycles. The molecular formula is C27H30F2N6O3. The quantitative estimate of drug-likeness (QED) is 0.288. The summed E-state index contributed by atoms with van der Waals surface area (Å²) >= 11 is 0. The molecule has 0 atom stereocenters. The molecule has 4 rings (SSSR count). The SMILES string of the molecule is C#CCN(C)C(=O)c1c(F)cc(OCCCC2CCN(c3ncc(-c4noc(CC)n4)cn3)CC2)cc1F. The summed E-state index contributed by atoms with van der Waals surface area (Å²) in [6.45, 7) is 3.90. The van der Waals surface area contributed by atoms with Crippen LogP contribution < -0.4 is 9.64 Å². The minimum Gasteiger partial charge on any atom is -0.493 e. The maximum absolute atomic E-state index is 14.4. The lowest BCUT2D eigenvalue weighted by atomic mass is 9.92. The zero-order chi connectivity index (χ0) is 27.1. The third-order valence-corrected chi connectivity index (χ3v) is 6.49. The van der Waals surface area contributed by atoms with Gasteiger partial charge in [0.25, 0.3) is 5.91 Å². The number of benzene rings is 1. The Morgan fingerprint density at radius 2 is 1.92 bits per heavy atom. The highest BCUT2D eigenvalue weighted by Crippen LogP contribution is 2.26. The first-order valence-electron chi connectivity index (χ1n) is 12.6. The number of piperidine rings is 1. The number of hydrogen-bond donors (Lipinski definition) is 0. The van der Waals surface area contributed by atoms with Gasteiger partial charge in [0.05, 0.1) is 18.7 Å². The molecule has 38 heavy (non-hydrogen) atoms. The summed E-state index contributed by atoms with van der Waals surface area (Å²) in [6, 6.07) is 2.07. The van der Waals surface area contributed by atoms with Gasteiger partial charge in [-0.3, -0.25) is 4.79 Å². The van der Waals surface area contributed by atoms with Crippen LogP contribution in [-0.4, -0.2) is 64.2 Å². The van der Waals surface area contributed by atoms with Crippen molar-refractivity contribution in [3.8, 4) is 29.5 Å². The zero-order valence-electron chi connectivity index (χ0n) is 21.5. The lowest BCUT2D eigenvalue weighted by Gasteiger charge is -2.32. The molecule has 0 bridgehead atoms. The maximum atomic E-state index is 14.4. The lowest BCUT2D eigenvalue weighted by molar-refractivity contribution is 0.0803. The van der Waals surface area contributed by atoms with E-state index in [2.05, 4.69) is 30.9 Å².